The van der Waals surface area contributed by atoms with E-state index in [1.807, 2.05) is 27.0 Å². The molecule has 0 aromatic heterocycles. The molecule has 0 N–H and O–H groups in total. The largest absolute Gasteiger partial charge is 0.381 e. The van der Waals surface area contributed by atoms with Gasteiger partial charge < -0.3 is 4.74 Å². The molecule has 1 nitrogen and oxygen atoms in total. The van der Waals surface area contributed by atoms with Crippen LogP contribution in [-0.4, -0.2) is 18.9 Å². The second-order valence-electron chi connectivity index (χ2n) is 13.6. The predicted molar refractivity (Wildman–Crippen MR) is 221 cm³/mol. The van der Waals surface area contributed by atoms with Crippen LogP contribution in [0.1, 0.15) is 56.4 Å². The average molecular weight is 683 g/mol. The molecule has 0 aliphatic heterocycles. The van der Waals surface area contributed by atoms with Crippen molar-refractivity contribution >= 4 is 29.7 Å². The highest BCUT2D eigenvalue weighted by Crippen LogP contribution is 2.51. The summed E-state index contributed by atoms with van der Waals surface area (Å²) in [5.74, 6) is 0. The standard InChI is InChI=1S/C47H41OP.C2H6/c1-4-41-42-24-10-11-25-43(42)44-26-14-21-37(46(41)44)32-47(2)28-27-40(31-45(47)48-3)49(39-23-13-20-36(30-39)34-17-8-9-18-34)38-22-12-19-35(29-38)33-15-6-5-7-16-33;1-2/h4-17,19-30,40,45H,31-32H2,1-3H3;1-2H3/b41-4-;/t40?,45?,47-,49?;/m0./s1. The van der Waals surface area contributed by atoms with Gasteiger partial charge >= 0.3 is 0 Å². The Kier molecular flexibility index (Phi) is 10.4. The van der Waals surface area contributed by atoms with Crippen LogP contribution in [0.25, 0.3) is 33.4 Å². The molecule has 5 aromatic rings. The van der Waals surface area contributed by atoms with Crippen molar-refractivity contribution < 1.29 is 4.74 Å². The number of hydrogen-bond acceptors (Lipinski definition) is 1. The predicted octanol–water partition coefficient (Wildman–Crippen LogP) is 11.9. The zero-order valence-electron chi connectivity index (χ0n) is 30.4. The van der Waals surface area contributed by atoms with Crippen LogP contribution in [0.4, 0.5) is 0 Å². The number of rotatable bonds is 8. The van der Waals surface area contributed by atoms with E-state index in [1.165, 1.54) is 60.7 Å². The topological polar surface area (TPSA) is 9.23 Å². The number of hydrogen-bond donors (Lipinski definition) is 0. The van der Waals surface area contributed by atoms with E-state index >= 15 is 0 Å². The summed E-state index contributed by atoms with van der Waals surface area (Å²) >= 11 is 0. The van der Waals surface area contributed by atoms with Gasteiger partial charge in [-0.05, 0) is 113 Å². The first-order valence-electron chi connectivity index (χ1n) is 18.4. The summed E-state index contributed by atoms with van der Waals surface area (Å²) in [5, 5.41) is 2.78. The summed E-state index contributed by atoms with van der Waals surface area (Å²) in [5.41, 5.74) is 16.6. The molecule has 8 rings (SSSR count). The van der Waals surface area contributed by atoms with Gasteiger partial charge in [-0.15, -0.1) is 5.73 Å². The van der Waals surface area contributed by atoms with E-state index in [4.69, 9.17) is 4.74 Å². The van der Waals surface area contributed by atoms with Crippen molar-refractivity contribution in [2.75, 3.05) is 7.11 Å². The number of methoxy groups -OCH3 is 1. The molecule has 0 radical (unpaired) electrons. The third-order valence-corrected chi connectivity index (χ3v) is 13.3. The molecular weight excluding hydrogens is 636 g/mol. The number of allylic oxidation sites excluding steroid dienone is 5. The van der Waals surface area contributed by atoms with Gasteiger partial charge in [-0.2, -0.15) is 0 Å². The van der Waals surface area contributed by atoms with E-state index in [0.29, 0.717) is 5.66 Å². The Morgan fingerprint density at radius 1 is 0.765 bits per heavy atom. The van der Waals surface area contributed by atoms with Crippen LogP contribution < -0.4 is 10.6 Å². The van der Waals surface area contributed by atoms with E-state index in [-0.39, 0.29) is 11.5 Å². The summed E-state index contributed by atoms with van der Waals surface area (Å²) in [4.78, 5) is 0. The molecule has 3 aliphatic rings. The van der Waals surface area contributed by atoms with E-state index in [0.717, 1.165) is 18.4 Å². The highest BCUT2D eigenvalue weighted by Gasteiger charge is 2.41. The lowest BCUT2D eigenvalue weighted by Gasteiger charge is -2.42. The van der Waals surface area contributed by atoms with Crippen molar-refractivity contribution in [3.8, 4) is 22.3 Å². The molecule has 0 saturated carbocycles. The maximum atomic E-state index is 6.48. The molecule has 3 unspecified atom stereocenters. The summed E-state index contributed by atoms with van der Waals surface area (Å²) in [6.45, 7) is 8.57. The zero-order chi connectivity index (χ0) is 35.4. The molecule has 2 heteroatoms. The van der Waals surface area contributed by atoms with E-state index in [1.54, 1.807) is 0 Å². The molecule has 0 spiro atoms. The van der Waals surface area contributed by atoms with Crippen LogP contribution in [0.2, 0.25) is 0 Å². The van der Waals surface area contributed by atoms with Gasteiger partial charge in [0, 0.05) is 23.8 Å². The number of ether oxygens (including phenoxy) is 1. The Morgan fingerprint density at radius 2 is 1.41 bits per heavy atom. The Hall–Kier alpha value is -4.77. The van der Waals surface area contributed by atoms with Crippen molar-refractivity contribution in [1.29, 1.82) is 0 Å². The lowest BCUT2D eigenvalue weighted by Crippen LogP contribution is -2.41. The quantitative estimate of drug-likeness (QED) is 0.0882. The summed E-state index contributed by atoms with van der Waals surface area (Å²) < 4.78 is 6.48. The van der Waals surface area contributed by atoms with Gasteiger partial charge in [-0.3, -0.25) is 0 Å². The van der Waals surface area contributed by atoms with Crippen LogP contribution in [0.15, 0.2) is 164 Å². The average Bonchev–Trinajstić information content (AvgIpc) is 3.85. The van der Waals surface area contributed by atoms with E-state index in [2.05, 4.69) is 171 Å². The van der Waals surface area contributed by atoms with Gasteiger partial charge in [-0.1, -0.05) is 154 Å². The minimum absolute atomic E-state index is 0.0742. The molecule has 51 heavy (non-hydrogen) atoms. The van der Waals surface area contributed by atoms with Gasteiger partial charge in [-0.25, -0.2) is 0 Å². The first-order valence-corrected chi connectivity index (χ1v) is 19.8. The molecule has 0 heterocycles. The molecular formula is C49H47OP. The summed E-state index contributed by atoms with van der Waals surface area (Å²) in [6.07, 6.45) is 15.5. The number of fused-ring (bicyclic) bond motifs is 3. The van der Waals surface area contributed by atoms with Gasteiger partial charge in [0.15, 0.2) is 0 Å². The van der Waals surface area contributed by atoms with Crippen LogP contribution in [-0.2, 0) is 11.2 Å². The maximum absolute atomic E-state index is 6.48. The van der Waals surface area contributed by atoms with E-state index in [9.17, 15) is 0 Å². The molecule has 4 atom stereocenters. The minimum atomic E-state index is -0.736. The molecule has 5 aromatic carbocycles. The van der Waals surface area contributed by atoms with Crippen molar-refractivity contribution in [2.24, 2.45) is 5.41 Å². The fourth-order valence-electron chi connectivity index (χ4n) is 8.15. The van der Waals surface area contributed by atoms with Crippen molar-refractivity contribution in [2.45, 2.75) is 52.3 Å². The summed E-state index contributed by atoms with van der Waals surface area (Å²) in [6, 6.07) is 44.8. The van der Waals surface area contributed by atoms with Gasteiger partial charge in [0.1, 0.15) is 0 Å². The SMILES string of the molecule is C/C=C1/c2ccccc2-c2cccc(C[C@]3(C)C=CC(P(c4cccc(C5=C=CC=C5)c4)c4cccc(-c5ccccc5)c4)CC3OC)c21.CC. The fraction of sp³-hybridized carbons (Fsp3) is 0.204. The Balaban J connectivity index is 0.00000200. The number of benzene rings is 5. The highest BCUT2D eigenvalue weighted by molar-refractivity contribution is 7.73. The lowest BCUT2D eigenvalue weighted by atomic mass is 9.72. The van der Waals surface area contributed by atoms with Gasteiger partial charge in [0.25, 0.3) is 0 Å². The lowest BCUT2D eigenvalue weighted by molar-refractivity contribution is 0.0132. The maximum Gasteiger partial charge on any atom is 0.0671 e. The molecule has 3 aliphatic carbocycles. The van der Waals surface area contributed by atoms with Gasteiger partial charge in [0.05, 0.1) is 6.10 Å². The highest BCUT2D eigenvalue weighted by atomic mass is 31.1. The van der Waals surface area contributed by atoms with Crippen molar-refractivity contribution in [3.05, 3.63) is 186 Å². The second kappa shape index (κ2) is 15.2. The van der Waals surface area contributed by atoms with Gasteiger partial charge in [0.2, 0.25) is 0 Å². The first-order chi connectivity index (χ1) is 25.1. The molecule has 0 fully saturated rings. The normalized spacial score (nSPS) is 21.1. The fourth-order valence-corrected chi connectivity index (χ4v) is 10.9. The van der Waals surface area contributed by atoms with Crippen LogP contribution >= 0.6 is 7.92 Å². The van der Waals surface area contributed by atoms with Crippen LogP contribution in [0.3, 0.4) is 0 Å². The minimum Gasteiger partial charge on any atom is -0.381 e. The molecule has 0 bridgehead atoms. The van der Waals surface area contributed by atoms with Crippen LogP contribution in [0, 0.1) is 5.41 Å². The Bertz CT molecular complexity index is 2190. The first kappa shape index (κ1) is 34.7. The third kappa shape index (κ3) is 6.71. The molecule has 0 amide bonds. The smallest absolute Gasteiger partial charge is 0.0671 e. The Morgan fingerprint density at radius 3 is 2.12 bits per heavy atom. The second-order valence-corrected chi connectivity index (χ2v) is 16.0. The monoisotopic (exact) mass is 682 g/mol. The van der Waals surface area contributed by atoms with E-state index < -0.39 is 7.92 Å². The van der Waals surface area contributed by atoms with Crippen molar-refractivity contribution in [3.63, 3.8) is 0 Å². The van der Waals surface area contributed by atoms with Crippen molar-refractivity contribution in [1.82, 2.24) is 0 Å². The Labute approximate surface area is 306 Å². The molecule has 0 saturated heterocycles. The zero-order valence-corrected chi connectivity index (χ0v) is 31.3. The molecule has 254 valence electrons. The summed E-state index contributed by atoms with van der Waals surface area (Å²) in [7, 11) is 1.17. The third-order valence-electron chi connectivity index (χ3n) is 10.6. The van der Waals surface area contributed by atoms with Crippen LogP contribution in [0.5, 0.6) is 0 Å².